The number of nitro benzene ring substituents is 1. The lowest BCUT2D eigenvalue weighted by Crippen LogP contribution is -2.03. The summed E-state index contributed by atoms with van der Waals surface area (Å²) in [7, 11) is -4.68. The average Bonchev–Trinajstić information content (AvgIpc) is 2.01. The molecule has 1 aromatic carbocycles. The second-order valence-corrected chi connectivity index (χ2v) is 4.09. The minimum Gasteiger partial charge on any atom is -0.282 e. The summed E-state index contributed by atoms with van der Waals surface area (Å²) in [6.45, 7) is 0. The van der Waals surface area contributed by atoms with Crippen LogP contribution in [0.1, 0.15) is 0 Å². The Bertz CT molecular complexity index is 483. The van der Waals surface area contributed by atoms with Gasteiger partial charge in [-0.15, -0.1) is 0 Å². The summed E-state index contributed by atoms with van der Waals surface area (Å²) < 4.78 is 30.2. The highest BCUT2D eigenvalue weighted by molar-refractivity contribution is 7.86. The highest BCUT2D eigenvalue weighted by Gasteiger charge is 2.26. The van der Waals surface area contributed by atoms with Gasteiger partial charge in [-0.2, -0.15) is 8.42 Å². The smallest absolute Gasteiger partial charge is 0.282 e. The quantitative estimate of drug-likeness (QED) is 0.477. The van der Waals surface area contributed by atoms with E-state index in [2.05, 4.69) is 0 Å². The van der Waals surface area contributed by atoms with Gasteiger partial charge in [0.05, 0.1) is 9.95 Å². The zero-order valence-corrected chi connectivity index (χ0v) is 8.12. The molecule has 76 valence electrons. The molecule has 0 bridgehead atoms. The van der Waals surface area contributed by atoms with Gasteiger partial charge in [-0.05, 0) is 6.07 Å². The Hall–Kier alpha value is -1.18. The van der Waals surface area contributed by atoms with E-state index in [1.807, 2.05) is 0 Å². The van der Waals surface area contributed by atoms with Crippen molar-refractivity contribution in [3.05, 3.63) is 33.3 Å². The Morgan fingerprint density at radius 3 is 2.36 bits per heavy atom. The predicted octanol–water partition coefficient (Wildman–Crippen LogP) is 1.49. The van der Waals surface area contributed by atoms with Crippen LogP contribution in [0.4, 0.5) is 5.69 Å². The summed E-state index contributed by atoms with van der Waals surface area (Å²) in [6, 6.07) is 3.29. The Morgan fingerprint density at radius 1 is 1.43 bits per heavy atom. The Balaban J connectivity index is 3.62. The fourth-order valence-electron chi connectivity index (χ4n) is 0.897. The van der Waals surface area contributed by atoms with E-state index in [9.17, 15) is 18.5 Å². The molecule has 0 aliphatic rings. The second kappa shape index (κ2) is 3.52. The molecule has 14 heavy (non-hydrogen) atoms. The summed E-state index contributed by atoms with van der Waals surface area (Å²) >= 11 is 5.41. The van der Waals surface area contributed by atoms with Gasteiger partial charge in [-0.25, -0.2) is 0 Å². The topological polar surface area (TPSA) is 97.5 Å². The van der Waals surface area contributed by atoms with Crippen molar-refractivity contribution in [2.45, 2.75) is 4.90 Å². The van der Waals surface area contributed by atoms with E-state index in [1.54, 1.807) is 0 Å². The fourth-order valence-corrected chi connectivity index (χ4v) is 2.08. The largest absolute Gasteiger partial charge is 0.302 e. The van der Waals surface area contributed by atoms with E-state index >= 15 is 0 Å². The summed E-state index contributed by atoms with van der Waals surface area (Å²) in [6.07, 6.45) is 0. The number of hydrogen-bond acceptors (Lipinski definition) is 4. The van der Waals surface area contributed by atoms with Crippen LogP contribution in [0, 0.1) is 10.1 Å². The van der Waals surface area contributed by atoms with Crippen molar-refractivity contribution in [1.29, 1.82) is 0 Å². The zero-order chi connectivity index (χ0) is 10.9. The molecule has 0 radical (unpaired) electrons. The molecule has 0 unspecified atom stereocenters. The molecular weight excluding hydrogens is 234 g/mol. The Labute approximate surface area is 84.0 Å². The number of rotatable bonds is 2. The number of nitro groups is 1. The minimum atomic E-state index is -4.68. The first-order valence-electron chi connectivity index (χ1n) is 3.24. The van der Waals surface area contributed by atoms with Gasteiger partial charge >= 0.3 is 10.1 Å². The molecule has 0 saturated heterocycles. The minimum absolute atomic E-state index is 0.387. The van der Waals surface area contributed by atoms with Gasteiger partial charge < -0.3 is 0 Å². The summed E-state index contributed by atoms with van der Waals surface area (Å²) in [5, 5.41) is 10.0. The third-order valence-corrected chi connectivity index (χ3v) is 2.77. The lowest BCUT2D eigenvalue weighted by molar-refractivity contribution is -0.387. The van der Waals surface area contributed by atoms with E-state index in [-0.39, 0.29) is 5.02 Å². The third kappa shape index (κ3) is 2.00. The van der Waals surface area contributed by atoms with Crippen LogP contribution in [0.3, 0.4) is 0 Å². The van der Waals surface area contributed by atoms with Gasteiger partial charge in [-0.1, -0.05) is 17.7 Å². The van der Waals surface area contributed by atoms with Gasteiger partial charge in [0.15, 0.2) is 4.90 Å². The molecule has 0 aromatic heterocycles. The van der Waals surface area contributed by atoms with E-state index in [0.29, 0.717) is 0 Å². The molecule has 1 N–H and O–H groups in total. The summed E-state index contributed by atoms with van der Waals surface area (Å²) in [5.74, 6) is 0. The maximum absolute atomic E-state index is 10.7. The van der Waals surface area contributed by atoms with Gasteiger partial charge in [0, 0.05) is 6.07 Å². The molecule has 1 rings (SSSR count). The van der Waals surface area contributed by atoms with Gasteiger partial charge in [0.2, 0.25) is 0 Å². The van der Waals surface area contributed by atoms with Crippen molar-refractivity contribution in [3.63, 3.8) is 0 Å². The standard InChI is InChI=1S/C6H4ClNO5S/c7-4-2-1-3-5(8(9)10)6(4)14(11,12)13/h1-3H,(H,11,12,13). The molecule has 1 aromatic rings. The summed E-state index contributed by atoms with van der Waals surface area (Å²) in [4.78, 5) is 8.57. The van der Waals surface area contributed by atoms with Crippen molar-refractivity contribution >= 4 is 27.4 Å². The predicted molar refractivity (Wildman–Crippen MR) is 47.9 cm³/mol. The molecule has 0 aliphatic carbocycles. The van der Waals surface area contributed by atoms with Gasteiger partial charge in [0.25, 0.3) is 5.69 Å². The number of halogens is 1. The Morgan fingerprint density at radius 2 is 2.00 bits per heavy atom. The maximum atomic E-state index is 10.7. The molecule has 8 heteroatoms. The van der Waals surface area contributed by atoms with Crippen LogP contribution in [0.15, 0.2) is 23.1 Å². The monoisotopic (exact) mass is 237 g/mol. The molecule has 0 atom stereocenters. The van der Waals surface area contributed by atoms with Crippen LogP contribution in [0.5, 0.6) is 0 Å². The SMILES string of the molecule is O=[N+]([O-])c1cccc(Cl)c1S(=O)(=O)O. The fraction of sp³-hybridized carbons (Fsp3) is 0. The maximum Gasteiger partial charge on any atom is 0.302 e. The third-order valence-electron chi connectivity index (χ3n) is 1.40. The highest BCUT2D eigenvalue weighted by Crippen LogP contribution is 2.30. The molecule has 6 nitrogen and oxygen atoms in total. The first kappa shape index (κ1) is 10.9. The first-order chi connectivity index (χ1) is 6.34. The van der Waals surface area contributed by atoms with Crippen LogP contribution in [-0.4, -0.2) is 17.9 Å². The lowest BCUT2D eigenvalue weighted by Gasteiger charge is -2.00. The van der Waals surface area contributed by atoms with Crippen molar-refractivity contribution in [3.8, 4) is 0 Å². The van der Waals surface area contributed by atoms with Crippen LogP contribution in [0.25, 0.3) is 0 Å². The molecule has 0 heterocycles. The average molecular weight is 238 g/mol. The second-order valence-electron chi connectivity index (χ2n) is 2.32. The van der Waals surface area contributed by atoms with Crippen molar-refractivity contribution in [2.24, 2.45) is 0 Å². The number of benzene rings is 1. The first-order valence-corrected chi connectivity index (χ1v) is 5.06. The van der Waals surface area contributed by atoms with Crippen LogP contribution in [0.2, 0.25) is 5.02 Å². The van der Waals surface area contributed by atoms with E-state index < -0.39 is 25.6 Å². The Kier molecular flexibility index (Phi) is 2.74. The highest BCUT2D eigenvalue weighted by atomic mass is 35.5. The van der Waals surface area contributed by atoms with Crippen LogP contribution >= 0.6 is 11.6 Å². The molecular formula is C6H4ClNO5S. The van der Waals surface area contributed by atoms with E-state index in [0.717, 1.165) is 12.1 Å². The van der Waals surface area contributed by atoms with Crippen molar-refractivity contribution < 1.29 is 17.9 Å². The van der Waals surface area contributed by atoms with Gasteiger partial charge in [0.1, 0.15) is 0 Å². The van der Waals surface area contributed by atoms with Crippen LogP contribution < -0.4 is 0 Å². The summed E-state index contributed by atoms with van der Waals surface area (Å²) in [5.41, 5.74) is -0.750. The van der Waals surface area contributed by atoms with Crippen molar-refractivity contribution in [1.82, 2.24) is 0 Å². The van der Waals surface area contributed by atoms with Crippen molar-refractivity contribution in [2.75, 3.05) is 0 Å². The molecule has 0 amide bonds. The molecule has 0 spiro atoms. The molecule has 0 aliphatic heterocycles. The molecule has 0 fully saturated rings. The van der Waals surface area contributed by atoms with E-state index in [1.165, 1.54) is 6.07 Å². The van der Waals surface area contributed by atoms with Gasteiger partial charge in [-0.3, -0.25) is 14.7 Å². The van der Waals surface area contributed by atoms with Crippen LogP contribution in [-0.2, 0) is 10.1 Å². The number of hydrogen-bond donors (Lipinski definition) is 1. The normalized spacial score (nSPS) is 11.3. The lowest BCUT2D eigenvalue weighted by atomic mass is 10.3. The molecule has 0 saturated carbocycles. The zero-order valence-electron chi connectivity index (χ0n) is 6.55. The number of nitrogens with zero attached hydrogens (tertiary/aromatic N) is 1. The van der Waals surface area contributed by atoms with E-state index in [4.69, 9.17) is 16.2 Å².